The van der Waals surface area contributed by atoms with Crippen molar-refractivity contribution in [1.29, 1.82) is 0 Å². The van der Waals surface area contributed by atoms with E-state index in [-0.39, 0.29) is 17.3 Å². The third kappa shape index (κ3) is 3.81. The molecule has 0 radical (unpaired) electrons. The Kier molecular flexibility index (Phi) is 4.34. The minimum Gasteiger partial charge on any atom is -0.360 e. The van der Waals surface area contributed by atoms with E-state index in [1.807, 2.05) is 27.7 Å². The minimum absolute atomic E-state index is 0.0650. The second kappa shape index (κ2) is 5.42. The molecule has 1 atom stereocenters. The van der Waals surface area contributed by atoms with Gasteiger partial charge in [0.15, 0.2) is 5.82 Å². The molecule has 1 N–H and O–H groups in total. The third-order valence-corrected chi connectivity index (χ3v) is 3.22. The van der Waals surface area contributed by atoms with Crippen molar-refractivity contribution in [2.24, 2.45) is 5.41 Å². The first-order chi connectivity index (χ1) is 8.62. The lowest BCUT2D eigenvalue weighted by atomic mass is 9.87. The SMILES string of the molecule is Cc1cc(NC(=O)C(=O)N(C)[C@@H](C)C(C)(C)C)no1. The van der Waals surface area contributed by atoms with Crippen LogP contribution >= 0.6 is 0 Å². The van der Waals surface area contributed by atoms with Gasteiger partial charge in [0.05, 0.1) is 0 Å². The molecule has 0 unspecified atom stereocenters. The van der Waals surface area contributed by atoms with Gasteiger partial charge in [-0.2, -0.15) is 0 Å². The van der Waals surface area contributed by atoms with Crippen LogP contribution in [0.15, 0.2) is 10.6 Å². The summed E-state index contributed by atoms with van der Waals surface area (Å²) in [6.07, 6.45) is 0. The van der Waals surface area contributed by atoms with E-state index in [1.165, 1.54) is 4.90 Å². The van der Waals surface area contributed by atoms with E-state index in [2.05, 4.69) is 10.5 Å². The standard InChI is InChI=1S/C13H21N3O3/c1-8-7-10(15-19-8)14-11(17)12(18)16(6)9(2)13(3,4)5/h7,9H,1-6H3,(H,14,15,17)/t9-/m0/s1. The van der Waals surface area contributed by atoms with Gasteiger partial charge in [-0.25, -0.2) is 0 Å². The number of hydrogen-bond donors (Lipinski definition) is 1. The number of aryl methyl sites for hydroxylation is 1. The van der Waals surface area contributed by atoms with Crippen LogP contribution in [0.2, 0.25) is 0 Å². The highest BCUT2D eigenvalue weighted by atomic mass is 16.5. The summed E-state index contributed by atoms with van der Waals surface area (Å²) >= 11 is 0. The monoisotopic (exact) mass is 267 g/mol. The summed E-state index contributed by atoms with van der Waals surface area (Å²) in [7, 11) is 1.62. The van der Waals surface area contributed by atoms with E-state index < -0.39 is 11.8 Å². The van der Waals surface area contributed by atoms with Crippen molar-refractivity contribution in [1.82, 2.24) is 10.1 Å². The molecule has 6 nitrogen and oxygen atoms in total. The molecule has 1 aromatic rings. The van der Waals surface area contributed by atoms with Crippen molar-refractivity contribution in [2.75, 3.05) is 12.4 Å². The number of amides is 2. The molecule has 0 bridgehead atoms. The van der Waals surface area contributed by atoms with Gasteiger partial charge in [0, 0.05) is 19.2 Å². The normalized spacial score (nSPS) is 12.9. The summed E-state index contributed by atoms with van der Waals surface area (Å²) in [5.41, 5.74) is -0.102. The predicted octanol–water partition coefficient (Wildman–Crippen LogP) is 1.81. The topological polar surface area (TPSA) is 75.4 Å². The van der Waals surface area contributed by atoms with Crippen LogP contribution in [0.1, 0.15) is 33.5 Å². The molecular formula is C13H21N3O3. The number of nitrogens with zero attached hydrogens (tertiary/aromatic N) is 2. The Hall–Kier alpha value is -1.85. The predicted molar refractivity (Wildman–Crippen MR) is 71.6 cm³/mol. The zero-order chi connectivity index (χ0) is 14.8. The van der Waals surface area contributed by atoms with Crippen molar-refractivity contribution in [3.8, 4) is 0 Å². The largest absolute Gasteiger partial charge is 0.360 e. The molecule has 1 rings (SSSR count). The number of carbonyl (C=O) groups excluding carboxylic acids is 2. The Labute approximate surface area is 113 Å². The van der Waals surface area contributed by atoms with E-state index in [1.54, 1.807) is 20.0 Å². The summed E-state index contributed by atoms with van der Waals surface area (Å²) < 4.78 is 4.82. The smallest absolute Gasteiger partial charge is 0.315 e. The van der Waals surface area contributed by atoms with Crippen molar-refractivity contribution in [3.05, 3.63) is 11.8 Å². The lowest BCUT2D eigenvalue weighted by molar-refractivity contribution is -0.144. The first-order valence-corrected chi connectivity index (χ1v) is 6.14. The number of aromatic nitrogens is 1. The van der Waals surface area contributed by atoms with Crippen LogP contribution in [0, 0.1) is 12.3 Å². The molecule has 0 spiro atoms. The molecule has 0 aliphatic heterocycles. The summed E-state index contributed by atoms with van der Waals surface area (Å²) in [6.45, 7) is 9.66. The van der Waals surface area contributed by atoms with Gasteiger partial charge in [-0.05, 0) is 19.3 Å². The maximum Gasteiger partial charge on any atom is 0.315 e. The van der Waals surface area contributed by atoms with Crippen LogP contribution in [-0.4, -0.2) is 35.0 Å². The van der Waals surface area contributed by atoms with E-state index in [0.717, 1.165) is 0 Å². The van der Waals surface area contributed by atoms with Crippen molar-refractivity contribution >= 4 is 17.6 Å². The number of hydrogen-bond acceptors (Lipinski definition) is 4. The maximum absolute atomic E-state index is 12.0. The second-order valence-corrected chi connectivity index (χ2v) is 5.73. The Morgan fingerprint density at radius 3 is 2.42 bits per heavy atom. The van der Waals surface area contributed by atoms with Crippen molar-refractivity contribution < 1.29 is 14.1 Å². The molecule has 0 saturated heterocycles. The first-order valence-electron chi connectivity index (χ1n) is 6.14. The minimum atomic E-state index is -0.716. The fourth-order valence-electron chi connectivity index (χ4n) is 1.51. The zero-order valence-corrected chi connectivity index (χ0v) is 12.3. The third-order valence-electron chi connectivity index (χ3n) is 3.22. The molecule has 1 heterocycles. The highest BCUT2D eigenvalue weighted by Gasteiger charge is 2.30. The second-order valence-electron chi connectivity index (χ2n) is 5.73. The van der Waals surface area contributed by atoms with Gasteiger partial charge in [-0.1, -0.05) is 25.9 Å². The quantitative estimate of drug-likeness (QED) is 0.829. The number of nitrogens with one attached hydrogen (secondary N) is 1. The van der Waals surface area contributed by atoms with Crippen molar-refractivity contribution in [3.63, 3.8) is 0 Å². The van der Waals surface area contributed by atoms with Gasteiger partial charge >= 0.3 is 11.8 Å². The van der Waals surface area contributed by atoms with Gasteiger partial charge in [-0.3, -0.25) is 14.9 Å². The maximum atomic E-state index is 12.0. The van der Waals surface area contributed by atoms with Gasteiger partial charge < -0.3 is 9.42 Å². The van der Waals surface area contributed by atoms with Crippen LogP contribution < -0.4 is 5.32 Å². The molecule has 0 fully saturated rings. The van der Waals surface area contributed by atoms with Crippen LogP contribution in [0.25, 0.3) is 0 Å². The lowest BCUT2D eigenvalue weighted by Crippen LogP contribution is -2.47. The van der Waals surface area contributed by atoms with Crippen molar-refractivity contribution in [2.45, 2.75) is 40.7 Å². The number of carbonyl (C=O) groups is 2. The zero-order valence-electron chi connectivity index (χ0n) is 12.3. The average molecular weight is 267 g/mol. The first kappa shape index (κ1) is 15.2. The highest BCUT2D eigenvalue weighted by Crippen LogP contribution is 2.23. The highest BCUT2D eigenvalue weighted by molar-refractivity contribution is 6.39. The fraction of sp³-hybridized carbons (Fsp3) is 0.615. The molecule has 0 aromatic carbocycles. The van der Waals surface area contributed by atoms with Gasteiger partial charge in [-0.15, -0.1) is 0 Å². The van der Waals surface area contributed by atoms with Crippen LogP contribution in [-0.2, 0) is 9.59 Å². The molecule has 0 saturated carbocycles. The average Bonchev–Trinajstić information content (AvgIpc) is 2.70. The van der Waals surface area contributed by atoms with E-state index >= 15 is 0 Å². The summed E-state index contributed by atoms with van der Waals surface area (Å²) in [5.74, 6) is -0.498. The summed E-state index contributed by atoms with van der Waals surface area (Å²) in [6, 6.07) is 1.49. The molecule has 1 aromatic heterocycles. The summed E-state index contributed by atoms with van der Waals surface area (Å²) in [5, 5.41) is 6.03. The lowest BCUT2D eigenvalue weighted by Gasteiger charge is -2.34. The molecule has 2 amide bonds. The Morgan fingerprint density at radius 2 is 2.00 bits per heavy atom. The number of likely N-dealkylation sites (N-methyl/N-ethyl adjacent to an activating group) is 1. The van der Waals surface area contributed by atoms with Gasteiger partial charge in [0.1, 0.15) is 5.76 Å². The molecule has 106 valence electrons. The molecular weight excluding hydrogens is 246 g/mol. The molecule has 6 heteroatoms. The van der Waals surface area contributed by atoms with Crippen LogP contribution in [0.3, 0.4) is 0 Å². The van der Waals surface area contributed by atoms with E-state index in [0.29, 0.717) is 5.76 Å². The van der Waals surface area contributed by atoms with E-state index in [9.17, 15) is 9.59 Å². The summed E-state index contributed by atoms with van der Waals surface area (Å²) in [4.78, 5) is 25.2. The van der Waals surface area contributed by atoms with Crippen LogP contribution in [0.5, 0.6) is 0 Å². The number of anilines is 1. The fourth-order valence-corrected chi connectivity index (χ4v) is 1.51. The Morgan fingerprint density at radius 1 is 1.42 bits per heavy atom. The Bertz CT molecular complexity index is 474. The van der Waals surface area contributed by atoms with Crippen LogP contribution in [0.4, 0.5) is 5.82 Å². The molecule has 19 heavy (non-hydrogen) atoms. The van der Waals surface area contributed by atoms with Gasteiger partial charge in [0.2, 0.25) is 0 Å². The molecule has 0 aliphatic rings. The number of rotatable bonds is 2. The Balaban J connectivity index is 2.69. The van der Waals surface area contributed by atoms with Gasteiger partial charge in [0.25, 0.3) is 0 Å². The van der Waals surface area contributed by atoms with E-state index in [4.69, 9.17) is 4.52 Å². The molecule has 0 aliphatic carbocycles.